The molecule has 0 spiro atoms. The third kappa shape index (κ3) is 2.04. The maximum atomic E-state index is 7.38. The number of allylic oxidation sites excluding steroid dienone is 1. The first kappa shape index (κ1) is 11.3. The van der Waals surface area contributed by atoms with Crippen molar-refractivity contribution >= 4 is 17.3 Å². The Hall–Kier alpha value is -2.17. The van der Waals surface area contributed by atoms with Crippen molar-refractivity contribution in [1.82, 2.24) is 19.9 Å². The summed E-state index contributed by atoms with van der Waals surface area (Å²) in [4.78, 5) is 4.48. The molecule has 0 bridgehead atoms. The van der Waals surface area contributed by atoms with Crippen LogP contribution in [-0.2, 0) is 0 Å². The number of fused-ring (bicyclic) bond motifs is 1. The van der Waals surface area contributed by atoms with Gasteiger partial charge in [-0.15, -0.1) is 0 Å². The van der Waals surface area contributed by atoms with E-state index in [0.29, 0.717) is 0 Å². The lowest BCUT2D eigenvalue weighted by Gasteiger charge is -2.04. The van der Waals surface area contributed by atoms with E-state index in [0.717, 1.165) is 28.2 Å². The van der Waals surface area contributed by atoms with Crippen LogP contribution in [-0.4, -0.2) is 27.9 Å². The molecule has 5 heteroatoms. The molecule has 0 aliphatic carbocycles. The minimum Gasteiger partial charge on any atom is -0.393 e. The molecule has 0 aromatic carbocycles. The molecular formula is C12H15N5. The highest BCUT2D eigenvalue weighted by Gasteiger charge is 2.07. The zero-order valence-corrected chi connectivity index (χ0v) is 10.2. The predicted molar refractivity (Wildman–Crippen MR) is 68.3 cm³/mol. The molecule has 2 aromatic rings. The largest absolute Gasteiger partial charge is 0.393 e. The van der Waals surface area contributed by atoms with Crippen molar-refractivity contribution in [3.8, 4) is 0 Å². The van der Waals surface area contributed by atoms with Crippen LogP contribution in [0.25, 0.3) is 11.1 Å². The summed E-state index contributed by atoms with van der Waals surface area (Å²) >= 11 is 0. The summed E-state index contributed by atoms with van der Waals surface area (Å²) in [5, 5.41) is 14.7. The Bertz CT molecular complexity index is 594. The molecule has 5 nitrogen and oxygen atoms in total. The van der Waals surface area contributed by atoms with Crippen LogP contribution in [0.5, 0.6) is 0 Å². The number of hydrogen-bond donors (Lipinski definition) is 2. The summed E-state index contributed by atoms with van der Waals surface area (Å²) < 4.78 is 1.81. The van der Waals surface area contributed by atoms with Crippen LogP contribution in [0.3, 0.4) is 0 Å². The summed E-state index contributed by atoms with van der Waals surface area (Å²) in [6.45, 7) is 3.90. The van der Waals surface area contributed by atoms with E-state index in [1.165, 1.54) is 6.21 Å². The van der Waals surface area contributed by atoms with Crippen LogP contribution in [0.1, 0.15) is 17.1 Å². The zero-order valence-electron chi connectivity index (χ0n) is 10.2. The summed E-state index contributed by atoms with van der Waals surface area (Å²) in [6, 6.07) is 2.00. The lowest BCUT2D eigenvalue weighted by molar-refractivity contribution is 0.907. The van der Waals surface area contributed by atoms with Crippen molar-refractivity contribution in [1.29, 1.82) is 5.41 Å². The highest BCUT2D eigenvalue weighted by atomic mass is 15.2. The fourth-order valence-corrected chi connectivity index (χ4v) is 1.75. The van der Waals surface area contributed by atoms with Gasteiger partial charge in [-0.1, -0.05) is 0 Å². The molecule has 2 heterocycles. The quantitative estimate of drug-likeness (QED) is 0.785. The van der Waals surface area contributed by atoms with Crippen molar-refractivity contribution in [2.75, 3.05) is 7.05 Å². The molecule has 0 saturated carbocycles. The molecule has 88 valence electrons. The van der Waals surface area contributed by atoms with Gasteiger partial charge in [-0.3, -0.25) is 0 Å². The third-order valence-corrected chi connectivity index (χ3v) is 2.51. The molecule has 0 aliphatic heterocycles. The first-order valence-corrected chi connectivity index (χ1v) is 5.37. The summed E-state index contributed by atoms with van der Waals surface area (Å²) in [7, 11) is 1.80. The fraction of sp³-hybridized carbons (Fsp3) is 0.250. The number of aromatic nitrogens is 3. The van der Waals surface area contributed by atoms with E-state index in [1.54, 1.807) is 17.8 Å². The van der Waals surface area contributed by atoms with Gasteiger partial charge in [-0.05, 0) is 19.9 Å². The first-order chi connectivity index (χ1) is 8.15. The number of rotatable bonds is 3. The maximum Gasteiger partial charge on any atom is 0.0919 e. The third-order valence-electron chi connectivity index (χ3n) is 2.51. The van der Waals surface area contributed by atoms with E-state index >= 15 is 0 Å². The van der Waals surface area contributed by atoms with Gasteiger partial charge >= 0.3 is 0 Å². The molecule has 2 aromatic heterocycles. The number of hydrogen-bond acceptors (Lipinski definition) is 4. The maximum absolute atomic E-state index is 7.38. The van der Waals surface area contributed by atoms with Crippen molar-refractivity contribution < 1.29 is 0 Å². The van der Waals surface area contributed by atoms with Crippen LogP contribution in [0, 0.1) is 19.3 Å². The average molecular weight is 229 g/mol. The Balaban J connectivity index is 2.63. The van der Waals surface area contributed by atoms with Crippen LogP contribution in [0.4, 0.5) is 0 Å². The Morgan fingerprint density at radius 3 is 2.88 bits per heavy atom. The number of aryl methyl sites for hydroxylation is 2. The highest BCUT2D eigenvalue weighted by molar-refractivity contribution is 6.07. The minimum absolute atomic E-state index is 0.727. The second kappa shape index (κ2) is 4.37. The molecule has 17 heavy (non-hydrogen) atoms. The summed E-state index contributed by atoms with van der Waals surface area (Å²) in [6.07, 6.45) is 4.86. The SMILES string of the molecule is CN/C=C(\C=N)c1cn2nc(C)cc2c(C)n1. The molecule has 0 atom stereocenters. The van der Waals surface area contributed by atoms with E-state index in [1.807, 2.05) is 26.1 Å². The smallest absolute Gasteiger partial charge is 0.0919 e. The van der Waals surface area contributed by atoms with Gasteiger partial charge in [0.2, 0.25) is 0 Å². The molecule has 0 radical (unpaired) electrons. The zero-order chi connectivity index (χ0) is 12.4. The average Bonchev–Trinajstić information content (AvgIpc) is 2.67. The number of nitrogens with zero attached hydrogens (tertiary/aromatic N) is 3. The van der Waals surface area contributed by atoms with Crippen LogP contribution >= 0.6 is 0 Å². The molecule has 0 aliphatic rings. The molecule has 0 amide bonds. The van der Waals surface area contributed by atoms with Gasteiger partial charge < -0.3 is 10.7 Å². The summed E-state index contributed by atoms with van der Waals surface area (Å²) in [5.74, 6) is 0. The van der Waals surface area contributed by atoms with E-state index in [2.05, 4.69) is 15.4 Å². The number of nitrogens with one attached hydrogen (secondary N) is 2. The molecule has 0 fully saturated rings. The van der Waals surface area contributed by atoms with Crippen LogP contribution in [0.15, 0.2) is 18.5 Å². The summed E-state index contributed by atoms with van der Waals surface area (Å²) in [5.41, 5.74) is 4.33. The fourth-order valence-electron chi connectivity index (χ4n) is 1.75. The highest BCUT2D eigenvalue weighted by Crippen LogP contribution is 2.14. The van der Waals surface area contributed by atoms with Gasteiger partial charge in [-0.25, -0.2) is 9.50 Å². The Morgan fingerprint density at radius 2 is 2.24 bits per heavy atom. The molecule has 2 N–H and O–H groups in total. The van der Waals surface area contributed by atoms with Crippen LogP contribution < -0.4 is 5.32 Å². The van der Waals surface area contributed by atoms with Crippen molar-refractivity contribution in [2.24, 2.45) is 0 Å². The van der Waals surface area contributed by atoms with Gasteiger partial charge in [0.25, 0.3) is 0 Å². The van der Waals surface area contributed by atoms with Gasteiger partial charge in [-0.2, -0.15) is 5.10 Å². The first-order valence-electron chi connectivity index (χ1n) is 5.37. The Labute approximate surface area is 99.7 Å². The van der Waals surface area contributed by atoms with Gasteiger partial charge in [0, 0.05) is 25.0 Å². The normalized spacial score (nSPS) is 11.8. The van der Waals surface area contributed by atoms with Gasteiger partial charge in [0.1, 0.15) is 0 Å². The van der Waals surface area contributed by atoms with E-state index in [9.17, 15) is 0 Å². The minimum atomic E-state index is 0.727. The molecular weight excluding hydrogens is 214 g/mol. The van der Waals surface area contributed by atoms with E-state index in [-0.39, 0.29) is 0 Å². The standard InChI is InChI=1S/C12H15N5/c1-8-4-12-9(2)15-11(7-17(12)16-8)10(5-13)6-14-3/h4-7,13-14H,1-3H3/b10-6+,13-5?. The molecule has 0 unspecified atom stereocenters. The van der Waals surface area contributed by atoms with E-state index < -0.39 is 0 Å². The van der Waals surface area contributed by atoms with Gasteiger partial charge in [0.05, 0.1) is 28.8 Å². The van der Waals surface area contributed by atoms with Crippen molar-refractivity contribution in [2.45, 2.75) is 13.8 Å². The lowest BCUT2D eigenvalue weighted by Crippen LogP contribution is -2.02. The van der Waals surface area contributed by atoms with Crippen molar-refractivity contribution in [3.63, 3.8) is 0 Å². The second-order valence-electron chi connectivity index (χ2n) is 3.86. The molecule has 2 rings (SSSR count). The van der Waals surface area contributed by atoms with Crippen molar-refractivity contribution in [3.05, 3.63) is 35.5 Å². The topological polar surface area (TPSA) is 66.1 Å². The monoisotopic (exact) mass is 229 g/mol. The predicted octanol–water partition coefficient (Wildman–Crippen LogP) is 1.56. The van der Waals surface area contributed by atoms with Gasteiger partial charge in [0.15, 0.2) is 0 Å². The van der Waals surface area contributed by atoms with Crippen LogP contribution in [0.2, 0.25) is 0 Å². The lowest BCUT2D eigenvalue weighted by atomic mass is 10.2. The molecule has 0 saturated heterocycles. The second-order valence-corrected chi connectivity index (χ2v) is 3.86. The Morgan fingerprint density at radius 1 is 1.47 bits per heavy atom. The Kier molecular flexibility index (Phi) is 2.91. The van der Waals surface area contributed by atoms with E-state index in [4.69, 9.17) is 5.41 Å².